The van der Waals surface area contributed by atoms with Crippen LogP contribution in [0.15, 0.2) is 18.3 Å². The van der Waals surface area contributed by atoms with Crippen molar-refractivity contribution in [1.82, 2.24) is 10.3 Å². The van der Waals surface area contributed by atoms with Crippen molar-refractivity contribution in [2.45, 2.75) is 52.2 Å². The molecule has 19 heavy (non-hydrogen) atoms. The van der Waals surface area contributed by atoms with Crippen molar-refractivity contribution in [2.24, 2.45) is 0 Å². The van der Waals surface area contributed by atoms with Crippen LogP contribution in [0.3, 0.4) is 0 Å². The second-order valence-corrected chi connectivity index (χ2v) is 4.96. The lowest BCUT2D eigenvalue weighted by molar-refractivity contribution is -0.0546. The van der Waals surface area contributed by atoms with Gasteiger partial charge in [-0.05, 0) is 44.9 Å². The molecule has 0 saturated carbocycles. The standard InChI is InChI=1S/C15H27N3O/c1-5-15(4,19-7-3)13(17-6-2)11-12-9-8-10-18-14(12)16/h8-10,13,17H,5-7,11H2,1-4H3,(H2,16,18). The van der Waals surface area contributed by atoms with E-state index in [1.807, 2.05) is 19.1 Å². The topological polar surface area (TPSA) is 60.2 Å². The van der Waals surface area contributed by atoms with E-state index in [-0.39, 0.29) is 11.6 Å². The van der Waals surface area contributed by atoms with Crippen LogP contribution in [0.2, 0.25) is 0 Å². The molecular formula is C15H27N3O. The van der Waals surface area contributed by atoms with Crippen LogP contribution in [0.1, 0.15) is 39.7 Å². The molecule has 0 radical (unpaired) electrons. The van der Waals surface area contributed by atoms with Crippen molar-refractivity contribution >= 4 is 5.82 Å². The van der Waals surface area contributed by atoms with Crippen LogP contribution in [0.4, 0.5) is 5.82 Å². The zero-order chi connectivity index (χ0) is 14.3. The van der Waals surface area contributed by atoms with E-state index >= 15 is 0 Å². The number of nitrogens with two attached hydrogens (primary N) is 1. The highest BCUT2D eigenvalue weighted by atomic mass is 16.5. The van der Waals surface area contributed by atoms with Gasteiger partial charge in [0.05, 0.1) is 5.60 Å². The fourth-order valence-corrected chi connectivity index (χ4v) is 2.37. The summed E-state index contributed by atoms with van der Waals surface area (Å²) in [6, 6.07) is 4.20. The van der Waals surface area contributed by atoms with Crippen molar-refractivity contribution in [3.63, 3.8) is 0 Å². The maximum absolute atomic E-state index is 5.98. The maximum Gasteiger partial charge on any atom is 0.126 e. The first kappa shape index (κ1) is 15.9. The Balaban J connectivity index is 2.91. The maximum atomic E-state index is 5.98. The number of aromatic nitrogens is 1. The molecule has 4 nitrogen and oxygen atoms in total. The first-order valence-corrected chi connectivity index (χ1v) is 7.14. The molecule has 4 heteroatoms. The minimum absolute atomic E-state index is 0.187. The van der Waals surface area contributed by atoms with Gasteiger partial charge in [0, 0.05) is 18.8 Å². The third kappa shape index (κ3) is 4.18. The normalized spacial score (nSPS) is 16.0. The third-order valence-corrected chi connectivity index (χ3v) is 3.71. The van der Waals surface area contributed by atoms with Crippen LogP contribution >= 0.6 is 0 Å². The Bertz CT molecular complexity index is 383. The molecule has 1 aromatic rings. The summed E-state index contributed by atoms with van der Waals surface area (Å²) in [6.07, 6.45) is 3.51. The Labute approximate surface area is 116 Å². The third-order valence-electron chi connectivity index (χ3n) is 3.71. The predicted molar refractivity (Wildman–Crippen MR) is 80.1 cm³/mol. The molecule has 0 spiro atoms. The molecule has 1 heterocycles. The van der Waals surface area contributed by atoms with E-state index in [2.05, 4.69) is 31.1 Å². The van der Waals surface area contributed by atoms with E-state index in [4.69, 9.17) is 10.5 Å². The second kappa shape index (κ2) is 7.46. The number of hydrogen-bond acceptors (Lipinski definition) is 4. The number of hydrogen-bond donors (Lipinski definition) is 2. The Morgan fingerprint density at radius 3 is 2.68 bits per heavy atom. The smallest absolute Gasteiger partial charge is 0.126 e. The highest BCUT2D eigenvalue weighted by Crippen LogP contribution is 2.24. The molecule has 0 saturated heterocycles. The van der Waals surface area contributed by atoms with Crippen molar-refractivity contribution in [1.29, 1.82) is 0 Å². The molecule has 0 fully saturated rings. The van der Waals surface area contributed by atoms with Gasteiger partial charge in [0.1, 0.15) is 5.82 Å². The lowest BCUT2D eigenvalue weighted by Gasteiger charge is -2.37. The monoisotopic (exact) mass is 265 g/mol. The molecule has 0 aliphatic rings. The molecule has 1 aromatic heterocycles. The van der Waals surface area contributed by atoms with E-state index in [0.29, 0.717) is 5.82 Å². The highest BCUT2D eigenvalue weighted by Gasteiger charge is 2.33. The molecule has 0 aromatic carbocycles. The van der Waals surface area contributed by atoms with Gasteiger partial charge in [-0.3, -0.25) is 0 Å². The average molecular weight is 265 g/mol. The number of anilines is 1. The zero-order valence-corrected chi connectivity index (χ0v) is 12.6. The first-order valence-electron chi connectivity index (χ1n) is 7.14. The molecule has 0 bridgehead atoms. The average Bonchev–Trinajstić information content (AvgIpc) is 2.40. The fraction of sp³-hybridized carbons (Fsp3) is 0.667. The summed E-state index contributed by atoms with van der Waals surface area (Å²) in [6.45, 7) is 10.1. The summed E-state index contributed by atoms with van der Waals surface area (Å²) in [7, 11) is 0. The van der Waals surface area contributed by atoms with Crippen molar-refractivity contribution < 1.29 is 4.74 Å². The van der Waals surface area contributed by atoms with Gasteiger partial charge in [-0.15, -0.1) is 0 Å². The summed E-state index contributed by atoms with van der Waals surface area (Å²) in [5.74, 6) is 0.611. The molecule has 0 aliphatic carbocycles. The summed E-state index contributed by atoms with van der Waals surface area (Å²) >= 11 is 0. The van der Waals surface area contributed by atoms with E-state index in [9.17, 15) is 0 Å². The van der Waals surface area contributed by atoms with Gasteiger partial charge in [0.2, 0.25) is 0 Å². The molecule has 0 aliphatic heterocycles. The Kier molecular flexibility index (Phi) is 6.25. The molecule has 1 rings (SSSR count). The van der Waals surface area contributed by atoms with Gasteiger partial charge >= 0.3 is 0 Å². The lowest BCUT2D eigenvalue weighted by atomic mass is 9.88. The van der Waals surface area contributed by atoms with E-state index in [0.717, 1.165) is 31.6 Å². The zero-order valence-electron chi connectivity index (χ0n) is 12.6. The minimum Gasteiger partial charge on any atom is -0.383 e. The van der Waals surface area contributed by atoms with Crippen LogP contribution in [-0.2, 0) is 11.2 Å². The van der Waals surface area contributed by atoms with Crippen LogP contribution in [-0.4, -0.2) is 29.8 Å². The molecular weight excluding hydrogens is 238 g/mol. The van der Waals surface area contributed by atoms with E-state index in [1.165, 1.54) is 0 Å². The number of nitrogens with zero attached hydrogens (tertiary/aromatic N) is 1. The quantitative estimate of drug-likeness (QED) is 0.757. The van der Waals surface area contributed by atoms with E-state index < -0.39 is 0 Å². The summed E-state index contributed by atoms with van der Waals surface area (Å²) in [4.78, 5) is 4.16. The SMILES string of the molecule is CCNC(Cc1cccnc1N)C(C)(CC)OCC. The minimum atomic E-state index is -0.187. The highest BCUT2D eigenvalue weighted by molar-refractivity contribution is 5.39. The van der Waals surface area contributed by atoms with Crippen molar-refractivity contribution in [3.05, 3.63) is 23.9 Å². The van der Waals surface area contributed by atoms with Crippen LogP contribution in [0, 0.1) is 0 Å². The van der Waals surface area contributed by atoms with Gasteiger partial charge in [-0.25, -0.2) is 4.98 Å². The number of nitrogen functional groups attached to an aromatic ring is 1. The van der Waals surface area contributed by atoms with Gasteiger partial charge in [-0.1, -0.05) is 19.9 Å². The van der Waals surface area contributed by atoms with Gasteiger partial charge in [-0.2, -0.15) is 0 Å². The summed E-state index contributed by atoms with van der Waals surface area (Å²) in [5.41, 5.74) is 6.83. The fourth-order valence-electron chi connectivity index (χ4n) is 2.37. The van der Waals surface area contributed by atoms with Gasteiger partial charge in [0.25, 0.3) is 0 Å². The summed E-state index contributed by atoms with van der Waals surface area (Å²) < 4.78 is 5.98. The molecule has 108 valence electrons. The van der Waals surface area contributed by atoms with Crippen molar-refractivity contribution in [2.75, 3.05) is 18.9 Å². The Morgan fingerprint density at radius 1 is 1.42 bits per heavy atom. The number of rotatable bonds is 8. The van der Waals surface area contributed by atoms with Crippen LogP contribution < -0.4 is 11.1 Å². The molecule has 3 N–H and O–H groups in total. The largest absolute Gasteiger partial charge is 0.383 e. The molecule has 0 amide bonds. The number of ether oxygens (including phenoxy) is 1. The molecule has 2 atom stereocenters. The number of pyridine rings is 1. The van der Waals surface area contributed by atoms with E-state index in [1.54, 1.807) is 6.20 Å². The summed E-state index contributed by atoms with van der Waals surface area (Å²) in [5, 5.41) is 3.53. The van der Waals surface area contributed by atoms with Crippen LogP contribution in [0.25, 0.3) is 0 Å². The Morgan fingerprint density at radius 2 is 2.16 bits per heavy atom. The van der Waals surface area contributed by atoms with Gasteiger partial charge in [0.15, 0.2) is 0 Å². The Hall–Kier alpha value is -1.13. The van der Waals surface area contributed by atoms with Crippen LogP contribution in [0.5, 0.6) is 0 Å². The second-order valence-electron chi connectivity index (χ2n) is 4.96. The number of likely N-dealkylation sites (N-methyl/N-ethyl adjacent to an activating group) is 1. The lowest BCUT2D eigenvalue weighted by Crippen LogP contribution is -2.51. The molecule has 2 unspecified atom stereocenters. The predicted octanol–water partition coefficient (Wildman–Crippen LogP) is 2.39. The first-order chi connectivity index (χ1) is 9.07. The number of nitrogens with one attached hydrogen (secondary N) is 1. The van der Waals surface area contributed by atoms with Crippen molar-refractivity contribution in [3.8, 4) is 0 Å². The van der Waals surface area contributed by atoms with Gasteiger partial charge < -0.3 is 15.8 Å².